The summed E-state index contributed by atoms with van der Waals surface area (Å²) in [5, 5.41) is 8.97. The van der Waals surface area contributed by atoms with E-state index in [0.29, 0.717) is 4.47 Å². The Kier molecular flexibility index (Phi) is 4.60. The van der Waals surface area contributed by atoms with E-state index >= 15 is 0 Å². The first-order valence-corrected chi connectivity index (χ1v) is 7.07. The third-order valence-corrected chi connectivity index (χ3v) is 3.71. The largest absolute Gasteiger partial charge is 0.478 e. The van der Waals surface area contributed by atoms with Gasteiger partial charge in [0.1, 0.15) is 0 Å². The molecule has 0 spiro atoms. The van der Waals surface area contributed by atoms with Gasteiger partial charge in [-0.1, -0.05) is 22.0 Å². The molecule has 118 valence electrons. The molecule has 1 aromatic carbocycles. The number of amides is 1. The molecule has 0 radical (unpaired) electrons. The van der Waals surface area contributed by atoms with Crippen LogP contribution in [0.4, 0.5) is 13.2 Å². The molecule has 22 heavy (non-hydrogen) atoms. The van der Waals surface area contributed by atoms with Crippen LogP contribution in [0.5, 0.6) is 0 Å². The van der Waals surface area contributed by atoms with Gasteiger partial charge in [0.25, 0.3) is 5.91 Å². The van der Waals surface area contributed by atoms with Crippen molar-refractivity contribution >= 4 is 27.8 Å². The van der Waals surface area contributed by atoms with Crippen LogP contribution in [0.25, 0.3) is 0 Å². The van der Waals surface area contributed by atoms with E-state index in [2.05, 4.69) is 15.9 Å². The average molecular weight is 378 g/mol. The molecule has 1 amide bonds. The summed E-state index contributed by atoms with van der Waals surface area (Å²) in [4.78, 5) is 24.5. The highest BCUT2D eigenvalue weighted by atomic mass is 79.9. The maximum Gasteiger partial charge on any atom is 0.412 e. The number of carboxylic acid groups (broad SMARTS) is 1. The van der Waals surface area contributed by atoms with Crippen LogP contribution in [0.1, 0.15) is 27.1 Å². The summed E-state index contributed by atoms with van der Waals surface area (Å²) < 4.78 is 38.0. The van der Waals surface area contributed by atoms with E-state index in [1.807, 2.05) is 0 Å². The fourth-order valence-electron chi connectivity index (χ4n) is 2.13. The molecule has 2 rings (SSSR count). The maximum atomic E-state index is 12.5. The Morgan fingerprint density at radius 1 is 1.18 bits per heavy atom. The number of benzene rings is 1. The van der Waals surface area contributed by atoms with Gasteiger partial charge in [-0.2, -0.15) is 13.2 Å². The van der Waals surface area contributed by atoms with Crippen molar-refractivity contribution in [2.45, 2.75) is 12.6 Å². The van der Waals surface area contributed by atoms with Gasteiger partial charge in [-0.3, -0.25) is 4.79 Å². The number of hydrogen-bond donors (Lipinski definition) is 1. The third-order valence-electron chi connectivity index (χ3n) is 3.25. The number of halogens is 4. The number of rotatable bonds is 2. The van der Waals surface area contributed by atoms with E-state index in [4.69, 9.17) is 5.11 Å². The highest BCUT2D eigenvalue weighted by Crippen LogP contribution is 2.30. The zero-order chi connectivity index (χ0) is 16.5. The molecule has 1 N–H and O–H groups in total. The quantitative estimate of drug-likeness (QED) is 0.802. The van der Waals surface area contributed by atoms with E-state index in [-0.39, 0.29) is 30.6 Å². The predicted octanol–water partition coefficient (Wildman–Crippen LogP) is 3.48. The topological polar surface area (TPSA) is 57.6 Å². The van der Waals surface area contributed by atoms with Gasteiger partial charge < -0.3 is 10.0 Å². The SMILES string of the molecule is O=C(O)c1cc(Br)cc(C(=O)N2CC=C(C(F)(F)F)CC2)c1. The molecule has 0 aromatic heterocycles. The molecule has 1 heterocycles. The highest BCUT2D eigenvalue weighted by Gasteiger charge is 2.35. The van der Waals surface area contributed by atoms with Crippen molar-refractivity contribution in [3.05, 3.63) is 45.4 Å². The van der Waals surface area contributed by atoms with Crippen LogP contribution in [-0.2, 0) is 0 Å². The summed E-state index contributed by atoms with van der Waals surface area (Å²) >= 11 is 3.11. The average Bonchev–Trinajstić information content (AvgIpc) is 2.45. The summed E-state index contributed by atoms with van der Waals surface area (Å²) in [5.74, 6) is -1.69. The Hall–Kier alpha value is -1.83. The second kappa shape index (κ2) is 6.12. The molecule has 1 aliphatic rings. The van der Waals surface area contributed by atoms with Crippen molar-refractivity contribution < 1.29 is 27.9 Å². The van der Waals surface area contributed by atoms with Gasteiger partial charge >= 0.3 is 12.1 Å². The fourth-order valence-corrected chi connectivity index (χ4v) is 2.62. The van der Waals surface area contributed by atoms with Crippen LogP contribution in [0.15, 0.2) is 34.3 Å². The monoisotopic (exact) mass is 377 g/mol. The van der Waals surface area contributed by atoms with E-state index < -0.39 is 23.6 Å². The summed E-state index contributed by atoms with van der Waals surface area (Å²) in [6, 6.07) is 3.99. The van der Waals surface area contributed by atoms with Crippen LogP contribution >= 0.6 is 15.9 Å². The van der Waals surface area contributed by atoms with Crippen molar-refractivity contribution in [1.82, 2.24) is 4.90 Å². The lowest BCUT2D eigenvalue weighted by Crippen LogP contribution is -2.36. The molecule has 1 aromatic rings. The molecule has 0 fully saturated rings. The Balaban J connectivity index is 2.20. The van der Waals surface area contributed by atoms with Crippen molar-refractivity contribution in [2.75, 3.05) is 13.1 Å². The molecular formula is C14H11BrF3NO3. The molecule has 4 nitrogen and oxygen atoms in total. The number of carboxylic acids is 1. The van der Waals surface area contributed by atoms with Gasteiger partial charge in [-0.25, -0.2) is 4.79 Å². The van der Waals surface area contributed by atoms with Crippen LogP contribution in [0.3, 0.4) is 0 Å². The first-order chi connectivity index (χ1) is 10.2. The molecular weight excluding hydrogens is 367 g/mol. The second-order valence-electron chi connectivity index (χ2n) is 4.76. The van der Waals surface area contributed by atoms with Gasteiger partial charge in [0.2, 0.25) is 0 Å². The van der Waals surface area contributed by atoms with E-state index in [1.54, 1.807) is 0 Å². The predicted molar refractivity (Wildman–Crippen MR) is 75.8 cm³/mol. The molecule has 0 bridgehead atoms. The summed E-state index contributed by atoms with van der Waals surface area (Å²) in [5.41, 5.74) is -0.589. The normalized spacial score (nSPS) is 15.5. The number of aromatic carboxylic acids is 1. The van der Waals surface area contributed by atoms with Crippen molar-refractivity contribution in [1.29, 1.82) is 0 Å². The van der Waals surface area contributed by atoms with Crippen molar-refractivity contribution in [3.63, 3.8) is 0 Å². The van der Waals surface area contributed by atoms with Crippen LogP contribution in [0, 0.1) is 0 Å². The standard InChI is InChI=1S/C14H11BrF3NO3/c15-11-6-8(5-9(7-11)13(21)22)12(20)19-3-1-10(2-4-19)14(16,17)18/h1,5-7H,2-4H2,(H,21,22). The molecule has 8 heteroatoms. The number of nitrogens with zero attached hydrogens (tertiary/aromatic N) is 1. The Labute approximate surface area is 132 Å². The van der Waals surface area contributed by atoms with Crippen LogP contribution in [-0.4, -0.2) is 41.1 Å². The van der Waals surface area contributed by atoms with Gasteiger partial charge in [0, 0.05) is 28.7 Å². The van der Waals surface area contributed by atoms with E-state index in [9.17, 15) is 22.8 Å². The summed E-state index contributed by atoms with van der Waals surface area (Å²) in [7, 11) is 0. The molecule has 0 unspecified atom stereocenters. The minimum Gasteiger partial charge on any atom is -0.478 e. The number of hydrogen-bond acceptors (Lipinski definition) is 2. The summed E-state index contributed by atoms with van der Waals surface area (Å²) in [6.45, 7) is -0.207. The fraction of sp³-hybridized carbons (Fsp3) is 0.286. The Morgan fingerprint density at radius 3 is 2.32 bits per heavy atom. The Bertz CT molecular complexity index is 655. The van der Waals surface area contributed by atoms with Gasteiger partial charge in [-0.15, -0.1) is 0 Å². The maximum absolute atomic E-state index is 12.5. The van der Waals surface area contributed by atoms with E-state index in [0.717, 1.165) is 6.08 Å². The molecule has 0 atom stereocenters. The molecule has 0 saturated carbocycles. The van der Waals surface area contributed by atoms with Gasteiger partial charge in [0.05, 0.1) is 5.56 Å². The highest BCUT2D eigenvalue weighted by molar-refractivity contribution is 9.10. The lowest BCUT2D eigenvalue weighted by Gasteiger charge is -2.27. The third kappa shape index (κ3) is 3.68. The van der Waals surface area contributed by atoms with Crippen molar-refractivity contribution in [3.8, 4) is 0 Å². The first kappa shape index (κ1) is 16.5. The molecule has 1 aliphatic heterocycles. The smallest absolute Gasteiger partial charge is 0.412 e. The number of carbonyl (C=O) groups excluding carboxylic acids is 1. The lowest BCUT2D eigenvalue weighted by molar-refractivity contribution is -0.0957. The molecule has 0 saturated heterocycles. The molecule has 0 aliphatic carbocycles. The zero-order valence-corrected chi connectivity index (χ0v) is 12.7. The van der Waals surface area contributed by atoms with Gasteiger partial charge in [-0.05, 0) is 24.6 Å². The lowest BCUT2D eigenvalue weighted by atomic mass is 10.1. The number of carbonyl (C=O) groups is 2. The van der Waals surface area contributed by atoms with E-state index in [1.165, 1.54) is 23.1 Å². The second-order valence-corrected chi connectivity index (χ2v) is 5.68. The van der Waals surface area contributed by atoms with Gasteiger partial charge in [0.15, 0.2) is 0 Å². The van der Waals surface area contributed by atoms with Crippen LogP contribution in [0.2, 0.25) is 0 Å². The zero-order valence-electron chi connectivity index (χ0n) is 11.2. The van der Waals surface area contributed by atoms with Crippen molar-refractivity contribution in [2.24, 2.45) is 0 Å². The number of alkyl halides is 3. The first-order valence-electron chi connectivity index (χ1n) is 6.28. The summed E-state index contributed by atoms with van der Waals surface area (Å²) in [6.07, 6.45) is -3.66. The minimum absolute atomic E-state index is 0.0565. The minimum atomic E-state index is -4.37. The Morgan fingerprint density at radius 2 is 1.82 bits per heavy atom. The van der Waals surface area contributed by atoms with Crippen LogP contribution < -0.4 is 0 Å².